The van der Waals surface area contributed by atoms with Crippen LogP contribution in [-0.4, -0.2) is 18.7 Å². The molecular weight excluding hydrogens is 202 g/mol. The third kappa shape index (κ3) is 1.89. The highest BCUT2D eigenvalue weighted by atomic mass is 16.5. The number of morpholine rings is 1. The fourth-order valence-electron chi connectivity index (χ4n) is 2.90. The molecule has 1 aromatic rings. The molecule has 2 heterocycles. The molecule has 1 saturated heterocycles. The Labute approximate surface area is 96.2 Å². The summed E-state index contributed by atoms with van der Waals surface area (Å²) in [6, 6.07) is 1.99. The van der Waals surface area contributed by atoms with Crippen LogP contribution < -0.4 is 5.32 Å². The second-order valence-electron chi connectivity index (χ2n) is 5.08. The number of hydrogen-bond acceptors (Lipinski definition) is 3. The van der Waals surface area contributed by atoms with Gasteiger partial charge in [0.15, 0.2) is 0 Å². The van der Waals surface area contributed by atoms with E-state index >= 15 is 0 Å². The molecule has 3 nitrogen and oxygen atoms in total. The first-order chi connectivity index (χ1) is 7.88. The van der Waals surface area contributed by atoms with E-state index in [2.05, 4.69) is 5.32 Å². The van der Waals surface area contributed by atoms with Crippen LogP contribution in [0.1, 0.15) is 43.8 Å². The van der Waals surface area contributed by atoms with Gasteiger partial charge in [-0.2, -0.15) is 0 Å². The van der Waals surface area contributed by atoms with Crippen molar-refractivity contribution in [3.63, 3.8) is 0 Å². The van der Waals surface area contributed by atoms with Crippen LogP contribution in [0.25, 0.3) is 0 Å². The highest BCUT2D eigenvalue weighted by molar-refractivity contribution is 5.12. The zero-order valence-corrected chi connectivity index (χ0v) is 9.58. The van der Waals surface area contributed by atoms with Crippen LogP contribution >= 0.6 is 0 Å². The van der Waals surface area contributed by atoms with Crippen molar-refractivity contribution in [2.75, 3.05) is 13.2 Å². The lowest BCUT2D eigenvalue weighted by atomic mass is 9.81. The summed E-state index contributed by atoms with van der Waals surface area (Å²) in [7, 11) is 0. The second kappa shape index (κ2) is 4.22. The van der Waals surface area contributed by atoms with Crippen molar-refractivity contribution < 1.29 is 9.15 Å². The van der Waals surface area contributed by atoms with Crippen LogP contribution in [0.4, 0.5) is 0 Å². The lowest BCUT2D eigenvalue weighted by Crippen LogP contribution is -2.55. The molecule has 1 aliphatic carbocycles. The SMILES string of the molecule is c1cc(C2CNC3(CCCCC3)CO2)co1. The Balaban J connectivity index is 1.63. The van der Waals surface area contributed by atoms with Crippen LogP contribution in [0.15, 0.2) is 23.0 Å². The van der Waals surface area contributed by atoms with Crippen molar-refractivity contribution in [1.29, 1.82) is 0 Å². The minimum absolute atomic E-state index is 0.173. The van der Waals surface area contributed by atoms with Crippen molar-refractivity contribution in [3.05, 3.63) is 24.2 Å². The van der Waals surface area contributed by atoms with Gasteiger partial charge in [0.25, 0.3) is 0 Å². The lowest BCUT2D eigenvalue weighted by molar-refractivity contribution is -0.0468. The quantitative estimate of drug-likeness (QED) is 0.791. The molecule has 1 spiro atoms. The molecule has 3 rings (SSSR count). The zero-order valence-electron chi connectivity index (χ0n) is 9.58. The third-order valence-corrected chi connectivity index (χ3v) is 3.95. The number of rotatable bonds is 1. The Morgan fingerprint density at radius 3 is 2.75 bits per heavy atom. The lowest BCUT2D eigenvalue weighted by Gasteiger charge is -2.43. The van der Waals surface area contributed by atoms with Gasteiger partial charge in [-0.1, -0.05) is 19.3 Å². The van der Waals surface area contributed by atoms with Gasteiger partial charge >= 0.3 is 0 Å². The summed E-state index contributed by atoms with van der Waals surface area (Å²) in [5.41, 5.74) is 1.43. The van der Waals surface area contributed by atoms with Gasteiger partial charge in [-0.25, -0.2) is 0 Å². The maximum absolute atomic E-state index is 5.99. The molecule has 1 aromatic heterocycles. The van der Waals surface area contributed by atoms with Gasteiger partial charge < -0.3 is 14.5 Å². The number of nitrogens with one attached hydrogen (secondary N) is 1. The molecule has 1 N–H and O–H groups in total. The third-order valence-electron chi connectivity index (χ3n) is 3.95. The van der Waals surface area contributed by atoms with Gasteiger partial charge in [-0.15, -0.1) is 0 Å². The Bertz CT molecular complexity index is 318. The molecule has 88 valence electrons. The summed E-state index contributed by atoms with van der Waals surface area (Å²) in [4.78, 5) is 0. The molecule has 0 aromatic carbocycles. The summed E-state index contributed by atoms with van der Waals surface area (Å²) in [6.07, 6.45) is 10.3. The zero-order chi connectivity index (χ0) is 10.8. The highest BCUT2D eigenvalue weighted by Gasteiger charge is 2.37. The van der Waals surface area contributed by atoms with E-state index in [4.69, 9.17) is 9.15 Å². The summed E-state index contributed by atoms with van der Waals surface area (Å²) in [6.45, 7) is 1.77. The van der Waals surface area contributed by atoms with E-state index in [0.29, 0.717) is 0 Å². The number of furan rings is 1. The molecule has 1 saturated carbocycles. The predicted molar refractivity (Wildman–Crippen MR) is 61.2 cm³/mol. The Hall–Kier alpha value is -0.800. The van der Waals surface area contributed by atoms with Gasteiger partial charge in [-0.3, -0.25) is 0 Å². The molecule has 3 heteroatoms. The van der Waals surface area contributed by atoms with Crippen LogP contribution in [-0.2, 0) is 4.74 Å². The molecule has 0 radical (unpaired) electrons. The van der Waals surface area contributed by atoms with E-state index in [1.165, 1.54) is 32.1 Å². The van der Waals surface area contributed by atoms with Crippen LogP contribution in [0.3, 0.4) is 0 Å². The van der Waals surface area contributed by atoms with E-state index in [1.54, 1.807) is 12.5 Å². The van der Waals surface area contributed by atoms with Crippen LogP contribution in [0, 0.1) is 0 Å². The summed E-state index contributed by atoms with van der Waals surface area (Å²) < 4.78 is 11.1. The van der Waals surface area contributed by atoms with Gasteiger partial charge in [0, 0.05) is 17.6 Å². The van der Waals surface area contributed by atoms with Gasteiger partial charge in [0.05, 0.1) is 25.2 Å². The largest absolute Gasteiger partial charge is 0.472 e. The van der Waals surface area contributed by atoms with E-state index in [0.717, 1.165) is 18.7 Å². The molecular formula is C13H19NO2. The maximum Gasteiger partial charge on any atom is 0.0981 e. The fourth-order valence-corrected chi connectivity index (χ4v) is 2.90. The van der Waals surface area contributed by atoms with Gasteiger partial charge in [0.1, 0.15) is 0 Å². The first-order valence-corrected chi connectivity index (χ1v) is 6.27. The van der Waals surface area contributed by atoms with Crippen molar-refractivity contribution in [2.24, 2.45) is 0 Å². The molecule has 16 heavy (non-hydrogen) atoms. The normalized spacial score (nSPS) is 29.4. The summed E-state index contributed by atoms with van der Waals surface area (Å²) >= 11 is 0. The van der Waals surface area contributed by atoms with E-state index in [9.17, 15) is 0 Å². The van der Waals surface area contributed by atoms with E-state index < -0.39 is 0 Å². The first-order valence-electron chi connectivity index (χ1n) is 6.27. The molecule has 0 amide bonds. The van der Waals surface area contributed by atoms with Crippen molar-refractivity contribution in [2.45, 2.75) is 43.7 Å². The van der Waals surface area contributed by atoms with E-state index in [1.807, 2.05) is 6.07 Å². The Morgan fingerprint density at radius 2 is 2.12 bits per heavy atom. The fraction of sp³-hybridized carbons (Fsp3) is 0.692. The Kier molecular flexibility index (Phi) is 2.74. The average molecular weight is 221 g/mol. The van der Waals surface area contributed by atoms with Crippen LogP contribution in [0.2, 0.25) is 0 Å². The maximum atomic E-state index is 5.99. The predicted octanol–water partition coefficient (Wildman–Crippen LogP) is 2.64. The summed E-state index contributed by atoms with van der Waals surface area (Å²) in [5, 5.41) is 3.71. The molecule has 1 aliphatic heterocycles. The minimum Gasteiger partial charge on any atom is -0.472 e. The van der Waals surface area contributed by atoms with Crippen molar-refractivity contribution in [1.82, 2.24) is 5.32 Å². The summed E-state index contributed by atoms with van der Waals surface area (Å²) in [5.74, 6) is 0. The van der Waals surface area contributed by atoms with Crippen molar-refractivity contribution in [3.8, 4) is 0 Å². The molecule has 0 bridgehead atoms. The molecule has 2 aliphatic rings. The molecule has 2 fully saturated rings. The number of ether oxygens (including phenoxy) is 1. The number of hydrogen-bond donors (Lipinski definition) is 1. The average Bonchev–Trinajstić information content (AvgIpc) is 2.85. The Morgan fingerprint density at radius 1 is 1.25 bits per heavy atom. The van der Waals surface area contributed by atoms with Crippen molar-refractivity contribution >= 4 is 0 Å². The van der Waals surface area contributed by atoms with E-state index in [-0.39, 0.29) is 11.6 Å². The minimum atomic E-state index is 0.173. The first kappa shape index (κ1) is 10.4. The van der Waals surface area contributed by atoms with Gasteiger partial charge in [-0.05, 0) is 18.9 Å². The topological polar surface area (TPSA) is 34.4 Å². The van der Waals surface area contributed by atoms with Crippen LogP contribution in [0.5, 0.6) is 0 Å². The monoisotopic (exact) mass is 221 g/mol. The van der Waals surface area contributed by atoms with Gasteiger partial charge in [0.2, 0.25) is 0 Å². The second-order valence-corrected chi connectivity index (χ2v) is 5.08. The molecule has 1 atom stereocenters. The molecule has 1 unspecified atom stereocenters. The standard InChI is InChI=1S/C13H19NO2/c1-2-5-13(6-3-1)10-16-12(8-14-13)11-4-7-15-9-11/h4,7,9,12,14H,1-3,5-6,8,10H2. The highest BCUT2D eigenvalue weighted by Crippen LogP contribution is 2.33. The smallest absolute Gasteiger partial charge is 0.0981 e.